The predicted molar refractivity (Wildman–Crippen MR) is 79.5 cm³/mol. The van der Waals surface area contributed by atoms with Gasteiger partial charge in [-0.25, -0.2) is 8.42 Å². The van der Waals surface area contributed by atoms with Crippen LogP contribution < -0.4 is 9.62 Å². The van der Waals surface area contributed by atoms with Gasteiger partial charge in [0.25, 0.3) is 5.91 Å². The zero-order valence-electron chi connectivity index (χ0n) is 12.0. The Bertz CT molecular complexity index is 623. The average Bonchev–Trinajstić information content (AvgIpc) is 2.78. The maximum absolute atomic E-state index is 12.0. The number of carbonyl (C=O) groups excluding carboxylic acids is 1. The largest absolute Gasteiger partial charge is 0.352 e. The molecule has 0 radical (unpaired) electrons. The molecule has 1 heterocycles. The lowest BCUT2D eigenvalue weighted by Crippen LogP contribution is -2.28. The molecule has 1 aromatic rings. The SMILES string of the molecule is CC(C)CNC(=O)c1ccc2c(c1)CCN2S(C)(=O)=O. The van der Waals surface area contributed by atoms with Gasteiger partial charge in [-0.3, -0.25) is 9.10 Å². The van der Waals surface area contributed by atoms with Crippen molar-refractivity contribution >= 4 is 21.6 Å². The third-order valence-corrected chi connectivity index (χ3v) is 4.45. The number of hydrogen-bond acceptors (Lipinski definition) is 3. The Balaban J connectivity index is 2.20. The maximum atomic E-state index is 12.0. The van der Waals surface area contributed by atoms with Gasteiger partial charge in [-0.15, -0.1) is 0 Å². The van der Waals surface area contributed by atoms with Crippen LogP contribution in [0.25, 0.3) is 0 Å². The van der Waals surface area contributed by atoms with Crippen molar-refractivity contribution in [2.45, 2.75) is 20.3 Å². The minimum Gasteiger partial charge on any atom is -0.352 e. The molecule has 1 amide bonds. The van der Waals surface area contributed by atoms with E-state index >= 15 is 0 Å². The second-order valence-electron chi connectivity index (χ2n) is 5.53. The highest BCUT2D eigenvalue weighted by Gasteiger charge is 2.26. The molecule has 0 spiro atoms. The van der Waals surface area contributed by atoms with Gasteiger partial charge in [-0.2, -0.15) is 0 Å². The Morgan fingerprint density at radius 2 is 2.10 bits per heavy atom. The molecule has 0 saturated heterocycles. The quantitative estimate of drug-likeness (QED) is 0.913. The van der Waals surface area contributed by atoms with Gasteiger partial charge in [0.1, 0.15) is 0 Å². The van der Waals surface area contributed by atoms with Gasteiger partial charge in [-0.05, 0) is 36.1 Å². The molecule has 0 atom stereocenters. The highest BCUT2D eigenvalue weighted by Crippen LogP contribution is 2.30. The second kappa shape index (κ2) is 5.44. The number of nitrogens with zero attached hydrogens (tertiary/aromatic N) is 1. The van der Waals surface area contributed by atoms with Crippen LogP contribution in [0.3, 0.4) is 0 Å². The van der Waals surface area contributed by atoms with E-state index in [1.807, 2.05) is 13.8 Å². The minimum absolute atomic E-state index is 0.112. The average molecular weight is 296 g/mol. The van der Waals surface area contributed by atoms with E-state index in [0.717, 1.165) is 5.56 Å². The van der Waals surface area contributed by atoms with E-state index in [4.69, 9.17) is 0 Å². The summed E-state index contributed by atoms with van der Waals surface area (Å²) in [6.45, 7) is 5.15. The molecule has 110 valence electrons. The number of anilines is 1. The first kappa shape index (κ1) is 14.8. The van der Waals surface area contributed by atoms with Crippen LogP contribution in [-0.4, -0.2) is 33.7 Å². The predicted octanol–water partition coefficient (Wildman–Crippen LogP) is 1.39. The number of carbonyl (C=O) groups is 1. The van der Waals surface area contributed by atoms with Crippen molar-refractivity contribution in [3.05, 3.63) is 29.3 Å². The summed E-state index contributed by atoms with van der Waals surface area (Å²) in [6, 6.07) is 5.18. The molecule has 2 rings (SSSR count). The zero-order chi connectivity index (χ0) is 14.9. The summed E-state index contributed by atoms with van der Waals surface area (Å²) in [5, 5.41) is 2.86. The first-order valence-corrected chi connectivity index (χ1v) is 8.52. The second-order valence-corrected chi connectivity index (χ2v) is 7.44. The Hall–Kier alpha value is -1.56. The Labute approximate surface area is 120 Å². The fourth-order valence-corrected chi connectivity index (χ4v) is 3.21. The number of fused-ring (bicyclic) bond motifs is 1. The summed E-state index contributed by atoms with van der Waals surface area (Å²) in [7, 11) is -3.24. The molecule has 0 aromatic heterocycles. The van der Waals surface area contributed by atoms with Crippen molar-refractivity contribution in [1.29, 1.82) is 0 Å². The van der Waals surface area contributed by atoms with Gasteiger partial charge < -0.3 is 5.32 Å². The highest BCUT2D eigenvalue weighted by atomic mass is 32.2. The molecule has 0 aliphatic carbocycles. The molecular weight excluding hydrogens is 276 g/mol. The van der Waals surface area contributed by atoms with E-state index in [9.17, 15) is 13.2 Å². The van der Waals surface area contributed by atoms with Crippen molar-refractivity contribution in [1.82, 2.24) is 5.32 Å². The number of nitrogens with one attached hydrogen (secondary N) is 1. The molecule has 5 nitrogen and oxygen atoms in total. The van der Waals surface area contributed by atoms with Crippen LogP contribution in [0.2, 0.25) is 0 Å². The standard InChI is InChI=1S/C14H20N2O3S/c1-10(2)9-15-14(17)12-4-5-13-11(8-12)6-7-16(13)20(3,18)19/h4-5,8,10H,6-7,9H2,1-3H3,(H,15,17). The first-order valence-electron chi connectivity index (χ1n) is 6.68. The van der Waals surface area contributed by atoms with Gasteiger partial charge in [0.15, 0.2) is 0 Å². The van der Waals surface area contributed by atoms with Crippen LogP contribution in [-0.2, 0) is 16.4 Å². The topological polar surface area (TPSA) is 66.5 Å². The van der Waals surface area contributed by atoms with E-state index in [2.05, 4.69) is 5.32 Å². The van der Waals surface area contributed by atoms with Gasteiger partial charge in [0, 0.05) is 18.7 Å². The molecule has 6 heteroatoms. The smallest absolute Gasteiger partial charge is 0.251 e. The molecule has 1 aromatic carbocycles. The number of benzene rings is 1. The van der Waals surface area contributed by atoms with Crippen molar-refractivity contribution in [2.24, 2.45) is 5.92 Å². The van der Waals surface area contributed by atoms with Gasteiger partial charge in [0.05, 0.1) is 11.9 Å². The maximum Gasteiger partial charge on any atom is 0.251 e. The molecule has 1 aliphatic heterocycles. The summed E-state index contributed by atoms with van der Waals surface area (Å²) in [5.41, 5.74) is 2.18. The minimum atomic E-state index is -3.24. The number of hydrogen-bond donors (Lipinski definition) is 1. The summed E-state index contributed by atoms with van der Waals surface area (Å²) < 4.78 is 24.7. The lowest BCUT2D eigenvalue weighted by molar-refractivity contribution is 0.0949. The number of amides is 1. The van der Waals surface area contributed by atoms with Gasteiger partial charge >= 0.3 is 0 Å². The summed E-state index contributed by atoms with van der Waals surface area (Å²) >= 11 is 0. The Morgan fingerprint density at radius 3 is 2.70 bits per heavy atom. The summed E-state index contributed by atoms with van der Waals surface area (Å²) in [5.74, 6) is 0.286. The molecule has 1 aliphatic rings. The highest BCUT2D eigenvalue weighted by molar-refractivity contribution is 7.92. The van der Waals surface area contributed by atoms with Gasteiger partial charge in [-0.1, -0.05) is 13.8 Å². The normalized spacial score (nSPS) is 14.5. The third kappa shape index (κ3) is 3.12. The number of sulfonamides is 1. The van der Waals surface area contributed by atoms with Crippen LogP contribution >= 0.6 is 0 Å². The van der Waals surface area contributed by atoms with Crippen molar-refractivity contribution in [3.8, 4) is 0 Å². The van der Waals surface area contributed by atoms with Crippen molar-refractivity contribution in [2.75, 3.05) is 23.7 Å². The van der Waals surface area contributed by atoms with E-state index in [1.165, 1.54) is 10.6 Å². The lowest BCUT2D eigenvalue weighted by atomic mass is 10.1. The van der Waals surface area contributed by atoms with Crippen LogP contribution in [0.5, 0.6) is 0 Å². The summed E-state index contributed by atoms with van der Waals surface area (Å²) in [4.78, 5) is 12.0. The van der Waals surface area contributed by atoms with Crippen LogP contribution in [0.1, 0.15) is 29.8 Å². The van der Waals surface area contributed by atoms with Crippen molar-refractivity contribution < 1.29 is 13.2 Å². The molecule has 1 N–H and O–H groups in total. The fourth-order valence-electron chi connectivity index (χ4n) is 2.26. The van der Waals surface area contributed by atoms with Crippen LogP contribution in [0, 0.1) is 5.92 Å². The van der Waals surface area contributed by atoms with Crippen LogP contribution in [0.4, 0.5) is 5.69 Å². The zero-order valence-corrected chi connectivity index (χ0v) is 12.8. The molecule has 0 bridgehead atoms. The molecule has 0 fully saturated rings. The number of rotatable bonds is 4. The Kier molecular flexibility index (Phi) is 4.04. The molecule has 20 heavy (non-hydrogen) atoms. The van der Waals surface area contributed by atoms with Gasteiger partial charge in [0.2, 0.25) is 10.0 Å². The van der Waals surface area contributed by atoms with E-state index in [0.29, 0.717) is 36.7 Å². The third-order valence-electron chi connectivity index (χ3n) is 3.27. The lowest BCUT2D eigenvalue weighted by Gasteiger charge is -2.16. The van der Waals surface area contributed by atoms with E-state index in [1.54, 1.807) is 18.2 Å². The van der Waals surface area contributed by atoms with Crippen LogP contribution in [0.15, 0.2) is 18.2 Å². The molecule has 0 unspecified atom stereocenters. The fraction of sp³-hybridized carbons (Fsp3) is 0.500. The molecular formula is C14H20N2O3S. The summed E-state index contributed by atoms with van der Waals surface area (Å²) in [6.07, 6.45) is 1.85. The molecule has 0 saturated carbocycles. The van der Waals surface area contributed by atoms with E-state index in [-0.39, 0.29) is 5.91 Å². The monoisotopic (exact) mass is 296 g/mol. The first-order chi connectivity index (χ1) is 9.29. The van der Waals surface area contributed by atoms with E-state index < -0.39 is 10.0 Å². The van der Waals surface area contributed by atoms with Crippen molar-refractivity contribution in [3.63, 3.8) is 0 Å². The Morgan fingerprint density at radius 1 is 1.40 bits per heavy atom.